The molecule has 9 nitrogen and oxygen atoms in total. The third-order valence-corrected chi connectivity index (χ3v) is 8.04. The SMILES string of the molecule is CCOC(=O)CNC(=S)NC[C@H]1O[C@@H](n2cc(Cc3ccc(C4CC4)cc3)c3c(Cl)cccc32)[C@H](O)[C@@H](O)[C@@H]1O. The number of carbonyl (C=O) groups is 1. The lowest BCUT2D eigenvalue weighted by atomic mass is 9.97. The minimum absolute atomic E-state index is 0.0241. The van der Waals surface area contributed by atoms with Gasteiger partial charge in [0.15, 0.2) is 11.3 Å². The second kappa shape index (κ2) is 12.4. The lowest BCUT2D eigenvalue weighted by Crippen LogP contribution is -2.58. The van der Waals surface area contributed by atoms with Crippen molar-refractivity contribution in [2.24, 2.45) is 0 Å². The summed E-state index contributed by atoms with van der Waals surface area (Å²) in [6.07, 6.45) is -1.15. The number of aliphatic hydroxyl groups is 3. The third-order valence-electron chi connectivity index (χ3n) is 7.43. The van der Waals surface area contributed by atoms with Crippen LogP contribution in [0.3, 0.4) is 0 Å². The molecule has 3 aromatic rings. The normalized spacial score (nSPS) is 24.6. The van der Waals surface area contributed by atoms with E-state index in [1.54, 1.807) is 11.5 Å². The Morgan fingerprint density at radius 1 is 1.10 bits per heavy atom. The molecule has 0 amide bonds. The smallest absolute Gasteiger partial charge is 0.325 e. The summed E-state index contributed by atoms with van der Waals surface area (Å²) in [5, 5.41) is 39.6. The molecular weight excluding hydrogens is 554 g/mol. The molecule has 5 N–H and O–H groups in total. The van der Waals surface area contributed by atoms with Gasteiger partial charge in [-0.15, -0.1) is 0 Å². The zero-order valence-electron chi connectivity index (χ0n) is 22.1. The highest BCUT2D eigenvalue weighted by Crippen LogP contribution is 2.40. The van der Waals surface area contributed by atoms with E-state index in [0.29, 0.717) is 17.4 Å². The summed E-state index contributed by atoms with van der Waals surface area (Å²) in [6, 6.07) is 14.2. The summed E-state index contributed by atoms with van der Waals surface area (Å²) in [5.74, 6) is 0.231. The van der Waals surface area contributed by atoms with E-state index in [-0.39, 0.29) is 24.8 Å². The van der Waals surface area contributed by atoms with Crippen molar-refractivity contribution in [1.82, 2.24) is 15.2 Å². The van der Waals surface area contributed by atoms with Crippen LogP contribution < -0.4 is 10.6 Å². The molecule has 2 aromatic carbocycles. The number of rotatable bonds is 9. The molecule has 1 aliphatic carbocycles. The number of nitrogens with one attached hydrogen (secondary N) is 2. The van der Waals surface area contributed by atoms with Crippen molar-refractivity contribution >= 4 is 45.8 Å². The molecule has 2 fully saturated rings. The Morgan fingerprint density at radius 2 is 1.85 bits per heavy atom. The zero-order chi connectivity index (χ0) is 28.4. The van der Waals surface area contributed by atoms with Gasteiger partial charge in [0.1, 0.15) is 31.0 Å². The summed E-state index contributed by atoms with van der Waals surface area (Å²) in [7, 11) is 0. The summed E-state index contributed by atoms with van der Waals surface area (Å²) in [6.45, 7) is 1.89. The van der Waals surface area contributed by atoms with E-state index >= 15 is 0 Å². The number of hydrogen-bond acceptors (Lipinski definition) is 7. The number of fused-ring (bicyclic) bond motifs is 1. The molecule has 1 aromatic heterocycles. The number of thiocarbonyl (C=S) groups is 1. The average molecular weight is 588 g/mol. The second-order valence-corrected chi connectivity index (χ2v) is 11.1. The zero-order valence-corrected chi connectivity index (χ0v) is 23.7. The van der Waals surface area contributed by atoms with Gasteiger partial charge in [-0.25, -0.2) is 0 Å². The topological polar surface area (TPSA) is 125 Å². The molecule has 11 heteroatoms. The Balaban J connectivity index is 1.35. The predicted molar refractivity (Wildman–Crippen MR) is 155 cm³/mol. The predicted octanol–water partition coefficient (Wildman–Crippen LogP) is 2.77. The molecule has 1 saturated carbocycles. The van der Waals surface area contributed by atoms with Crippen LogP contribution in [0.4, 0.5) is 0 Å². The monoisotopic (exact) mass is 587 g/mol. The highest BCUT2D eigenvalue weighted by atomic mass is 35.5. The lowest BCUT2D eigenvalue weighted by Gasteiger charge is -2.41. The van der Waals surface area contributed by atoms with Crippen LogP contribution in [0.25, 0.3) is 10.9 Å². The molecule has 0 bridgehead atoms. The number of aliphatic hydroxyl groups excluding tert-OH is 3. The van der Waals surface area contributed by atoms with Crippen LogP contribution in [-0.4, -0.2) is 75.1 Å². The van der Waals surface area contributed by atoms with Crippen molar-refractivity contribution in [3.05, 3.63) is 70.4 Å². The van der Waals surface area contributed by atoms with Crippen LogP contribution in [-0.2, 0) is 20.7 Å². The fourth-order valence-corrected chi connectivity index (χ4v) is 5.63. The molecule has 5 atom stereocenters. The van der Waals surface area contributed by atoms with Crippen LogP contribution in [0.2, 0.25) is 5.02 Å². The molecule has 0 radical (unpaired) electrons. The van der Waals surface area contributed by atoms with Crippen LogP contribution >= 0.6 is 23.8 Å². The van der Waals surface area contributed by atoms with Crippen molar-refractivity contribution in [2.45, 2.75) is 62.7 Å². The molecular formula is C29H34ClN3O6S. The second-order valence-electron chi connectivity index (χ2n) is 10.3. The standard InChI is InChI=1S/C29H34ClN3O6S/c1-2-38-23(34)14-32-29(40)31-13-22-25(35)26(36)27(37)28(39-22)33-15-19(24-20(30)4-3-5-21(24)33)12-16-6-8-17(9-7-16)18-10-11-18/h3-9,15,18,22,25-28,35-37H,2,10-14H2,1H3,(H2,31,32,40)/t22-,25-,26+,27-,28-/m1/s1. The number of halogens is 1. The highest BCUT2D eigenvalue weighted by Gasteiger charge is 2.45. The highest BCUT2D eigenvalue weighted by molar-refractivity contribution is 7.80. The Bertz CT molecular complexity index is 1360. The minimum Gasteiger partial charge on any atom is -0.465 e. The lowest BCUT2D eigenvalue weighted by molar-refractivity contribution is -0.241. The van der Waals surface area contributed by atoms with E-state index in [2.05, 4.69) is 34.9 Å². The first kappa shape index (κ1) is 28.8. The van der Waals surface area contributed by atoms with Crippen LogP contribution in [0.1, 0.15) is 48.6 Å². The third kappa shape index (κ3) is 6.27. The van der Waals surface area contributed by atoms with Crippen molar-refractivity contribution in [3.8, 4) is 0 Å². The summed E-state index contributed by atoms with van der Waals surface area (Å²) < 4.78 is 12.8. The van der Waals surface area contributed by atoms with Crippen LogP contribution in [0, 0.1) is 0 Å². The van der Waals surface area contributed by atoms with E-state index in [1.165, 1.54) is 18.4 Å². The Kier molecular flexibility index (Phi) is 8.94. The maximum Gasteiger partial charge on any atom is 0.325 e. The molecule has 1 aliphatic heterocycles. The van der Waals surface area contributed by atoms with E-state index in [4.69, 9.17) is 33.3 Å². The van der Waals surface area contributed by atoms with Gasteiger partial charge in [-0.2, -0.15) is 0 Å². The Morgan fingerprint density at radius 3 is 2.55 bits per heavy atom. The molecule has 0 unspecified atom stereocenters. The number of aromatic nitrogens is 1. The fourth-order valence-electron chi connectivity index (χ4n) is 5.19. The van der Waals surface area contributed by atoms with E-state index in [9.17, 15) is 20.1 Å². The van der Waals surface area contributed by atoms with Crippen molar-refractivity contribution in [3.63, 3.8) is 0 Å². The van der Waals surface area contributed by atoms with E-state index in [0.717, 1.165) is 22.0 Å². The maximum absolute atomic E-state index is 11.6. The van der Waals surface area contributed by atoms with Gasteiger partial charge in [0.25, 0.3) is 0 Å². The molecule has 2 heterocycles. The van der Waals surface area contributed by atoms with Gasteiger partial charge in [0.05, 0.1) is 17.1 Å². The first-order valence-electron chi connectivity index (χ1n) is 13.5. The minimum atomic E-state index is -1.47. The number of nitrogens with zero attached hydrogens (tertiary/aromatic N) is 1. The fraction of sp³-hybridized carbons (Fsp3) is 0.448. The van der Waals surface area contributed by atoms with E-state index in [1.807, 2.05) is 24.4 Å². The number of carbonyl (C=O) groups excluding carboxylic acids is 1. The quantitative estimate of drug-likeness (QED) is 0.190. The first-order valence-corrected chi connectivity index (χ1v) is 14.3. The molecule has 1 saturated heterocycles. The number of esters is 1. The molecule has 0 spiro atoms. The van der Waals surface area contributed by atoms with Crippen LogP contribution in [0.5, 0.6) is 0 Å². The van der Waals surface area contributed by atoms with Crippen molar-refractivity contribution in [1.29, 1.82) is 0 Å². The number of benzene rings is 2. The average Bonchev–Trinajstić information content (AvgIpc) is 3.73. The summed E-state index contributed by atoms with van der Waals surface area (Å²) in [5.41, 5.74) is 4.19. The van der Waals surface area contributed by atoms with Gasteiger partial charge in [-0.05, 0) is 73.1 Å². The van der Waals surface area contributed by atoms with E-state index < -0.39 is 36.6 Å². The van der Waals surface area contributed by atoms with Gasteiger partial charge in [0, 0.05) is 18.1 Å². The van der Waals surface area contributed by atoms with Gasteiger partial charge in [0.2, 0.25) is 0 Å². The molecule has 2 aliphatic rings. The Hall–Kier alpha value is -2.73. The van der Waals surface area contributed by atoms with Gasteiger partial charge in [-0.1, -0.05) is 41.9 Å². The van der Waals surface area contributed by atoms with Crippen LogP contribution in [0.15, 0.2) is 48.7 Å². The molecule has 214 valence electrons. The van der Waals surface area contributed by atoms with Gasteiger partial charge in [-0.3, -0.25) is 4.79 Å². The summed E-state index contributed by atoms with van der Waals surface area (Å²) in [4.78, 5) is 11.6. The van der Waals surface area contributed by atoms with Crippen molar-refractivity contribution in [2.75, 3.05) is 19.7 Å². The summed E-state index contributed by atoms with van der Waals surface area (Å²) >= 11 is 11.9. The first-order chi connectivity index (χ1) is 19.3. The number of hydrogen-bond donors (Lipinski definition) is 5. The van der Waals surface area contributed by atoms with Gasteiger partial charge < -0.3 is 40.0 Å². The molecule has 40 heavy (non-hydrogen) atoms. The Labute approximate surface area is 243 Å². The van der Waals surface area contributed by atoms with Gasteiger partial charge >= 0.3 is 5.97 Å². The molecule has 5 rings (SSSR count). The largest absolute Gasteiger partial charge is 0.465 e. The van der Waals surface area contributed by atoms with Crippen molar-refractivity contribution < 1.29 is 29.6 Å². The maximum atomic E-state index is 11.6. The number of ether oxygens (including phenoxy) is 2.